The molecule has 0 aliphatic carbocycles. The molecule has 1 unspecified atom stereocenters. The topological polar surface area (TPSA) is 47.1 Å². The molecule has 0 spiro atoms. The minimum atomic E-state index is 0.177. The molecular weight excluding hydrogens is 220 g/mol. The SMILES string of the molecule is CN(Cc1nccn1C)C1(CN)CCSC1. The van der Waals surface area contributed by atoms with Gasteiger partial charge in [-0.3, -0.25) is 4.90 Å². The van der Waals surface area contributed by atoms with E-state index in [0.717, 1.165) is 24.7 Å². The first-order valence-corrected chi connectivity index (χ1v) is 6.79. The van der Waals surface area contributed by atoms with Crippen molar-refractivity contribution in [2.45, 2.75) is 18.5 Å². The largest absolute Gasteiger partial charge is 0.337 e. The Balaban J connectivity index is 2.07. The van der Waals surface area contributed by atoms with E-state index in [2.05, 4.69) is 21.5 Å². The van der Waals surface area contributed by atoms with Crippen LogP contribution < -0.4 is 5.73 Å². The van der Waals surface area contributed by atoms with E-state index in [9.17, 15) is 0 Å². The van der Waals surface area contributed by atoms with Crippen LogP contribution in [0.2, 0.25) is 0 Å². The maximum absolute atomic E-state index is 5.95. The Hall–Kier alpha value is -0.520. The van der Waals surface area contributed by atoms with E-state index in [1.807, 2.05) is 31.2 Å². The Kier molecular flexibility index (Phi) is 3.56. The second-order valence-electron chi connectivity index (χ2n) is 4.54. The minimum absolute atomic E-state index is 0.177. The summed E-state index contributed by atoms with van der Waals surface area (Å²) in [5.41, 5.74) is 6.13. The lowest BCUT2D eigenvalue weighted by Gasteiger charge is -2.37. The van der Waals surface area contributed by atoms with E-state index in [4.69, 9.17) is 5.73 Å². The number of likely N-dealkylation sites (N-methyl/N-ethyl adjacent to an activating group) is 1. The van der Waals surface area contributed by atoms with Gasteiger partial charge in [0.15, 0.2) is 0 Å². The molecule has 1 aliphatic heterocycles. The van der Waals surface area contributed by atoms with Gasteiger partial charge in [0.2, 0.25) is 0 Å². The molecule has 90 valence electrons. The van der Waals surface area contributed by atoms with Crippen LogP contribution in [0.5, 0.6) is 0 Å². The molecule has 0 saturated carbocycles. The van der Waals surface area contributed by atoms with Crippen molar-refractivity contribution in [2.75, 3.05) is 25.1 Å². The zero-order valence-corrected chi connectivity index (χ0v) is 10.8. The molecular formula is C11H20N4S. The van der Waals surface area contributed by atoms with Gasteiger partial charge < -0.3 is 10.3 Å². The Labute approximate surface area is 101 Å². The maximum atomic E-state index is 5.95. The molecule has 2 rings (SSSR count). The molecule has 0 bridgehead atoms. The molecule has 1 aromatic heterocycles. The predicted octanol–water partition coefficient (Wildman–Crippen LogP) is 0.686. The average molecular weight is 240 g/mol. The summed E-state index contributed by atoms with van der Waals surface area (Å²) in [5, 5.41) is 0. The summed E-state index contributed by atoms with van der Waals surface area (Å²) in [5.74, 6) is 3.47. The number of aromatic nitrogens is 2. The average Bonchev–Trinajstić information content (AvgIpc) is 2.89. The second kappa shape index (κ2) is 4.77. The summed E-state index contributed by atoms with van der Waals surface area (Å²) in [6.45, 7) is 1.61. The lowest BCUT2D eigenvalue weighted by molar-refractivity contribution is 0.139. The highest BCUT2D eigenvalue weighted by Crippen LogP contribution is 2.32. The fraction of sp³-hybridized carbons (Fsp3) is 0.727. The van der Waals surface area contributed by atoms with Crippen molar-refractivity contribution in [2.24, 2.45) is 12.8 Å². The van der Waals surface area contributed by atoms with E-state index in [1.165, 1.54) is 12.2 Å². The van der Waals surface area contributed by atoms with Gasteiger partial charge in [0, 0.05) is 37.3 Å². The summed E-state index contributed by atoms with van der Waals surface area (Å²) in [7, 11) is 4.20. The van der Waals surface area contributed by atoms with Crippen LogP contribution in [0.25, 0.3) is 0 Å². The molecule has 2 N–H and O–H groups in total. The van der Waals surface area contributed by atoms with Gasteiger partial charge in [-0.25, -0.2) is 4.98 Å². The van der Waals surface area contributed by atoms with Crippen molar-refractivity contribution in [1.82, 2.24) is 14.5 Å². The number of rotatable bonds is 4. The molecule has 1 fully saturated rings. The van der Waals surface area contributed by atoms with E-state index in [0.29, 0.717) is 0 Å². The van der Waals surface area contributed by atoms with E-state index >= 15 is 0 Å². The number of thioether (sulfide) groups is 1. The molecule has 1 atom stereocenters. The maximum Gasteiger partial charge on any atom is 0.122 e. The summed E-state index contributed by atoms with van der Waals surface area (Å²) in [4.78, 5) is 6.74. The quantitative estimate of drug-likeness (QED) is 0.841. The van der Waals surface area contributed by atoms with Crippen LogP contribution in [0.4, 0.5) is 0 Å². The third-order valence-electron chi connectivity index (χ3n) is 3.57. The second-order valence-corrected chi connectivity index (χ2v) is 5.65. The van der Waals surface area contributed by atoms with E-state index in [-0.39, 0.29) is 5.54 Å². The van der Waals surface area contributed by atoms with Gasteiger partial charge in [-0.1, -0.05) is 0 Å². The number of imidazole rings is 1. The number of nitrogens with zero attached hydrogens (tertiary/aromatic N) is 3. The summed E-state index contributed by atoms with van der Waals surface area (Å²) in [6.07, 6.45) is 5.03. The highest BCUT2D eigenvalue weighted by molar-refractivity contribution is 7.99. The van der Waals surface area contributed by atoms with E-state index < -0.39 is 0 Å². The zero-order chi connectivity index (χ0) is 11.6. The molecule has 0 aromatic carbocycles. The smallest absolute Gasteiger partial charge is 0.122 e. The van der Waals surface area contributed by atoms with E-state index in [1.54, 1.807) is 0 Å². The molecule has 1 aliphatic rings. The lowest BCUT2D eigenvalue weighted by atomic mass is 9.97. The van der Waals surface area contributed by atoms with Gasteiger partial charge in [0.05, 0.1) is 6.54 Å². The van der Waals surface area contributed by atoms with Crippen molar-refractivity contribution in [3.05, 3.63) is 18.2 Å². The first-order valence-electron chi connectivity index (χ1n) is 5.63. The normalized spacial score (nSPS) is 25.5. The van der Waals surface area contributed by atoms with Crippen molar-refractivity contribution in [3.63, 3.8) is 0 Å². The van der Waals surface area contributed by atoms with Crippen LogP contribution in [0.3, 0.4) is 0 Å². The number of aryl methyl sites for hydroxylation is 1. The predicted molar refractivity (Wildman–Crippen MR) is 68.4 cm³/mol. The Morgan fingerprint density at radius 3 is 3.00 bits per heavy atom. The molecule has 4 nitrogen and oxygen atoms in total. The van der Waals surface area contributed by atoms with Crippen LogP contribution in [0.1, 0.15) is 12.2 Å². The zero-order valence-electron chi connectivity index (χ0n) is 10.0. The first kappa shape index (κ1) is 12.0. The van der Waals surface area contributed by atoms with Gasteiger partial charge in [-0.2, -0.15) is 11.8 Å². The van der Waals surface area contributed by atoms with Crippen LogP contribution in [-0.4, -0.2) is 45.1 Å². The molecule has 5 heteroatoms. The molecule has 0 amide bonds. The number of hydrogen-bond donors (Lipinski definition) is 1. The minimum Gasteiger partial charge on any atom is -0.337 e. The Bertz CT molecular complexity index is 344. The molecule has 1 saturated heterocycles. The van der Waals surface area contributed by atoms with Crippen molar-refractivity contribution in [3.8, 4) is 0 Å². The Morgan fingerprint density at radius 2 is 2.50 bits per heavy atom. The fourth-order valence-electron chi connectivity index (χ4n) is 2.14. The van der Waals surface area contributed by atoms with Crippen LogP contribution in [-0.2, 0) is 13.6 Å². The highest BCUT2D eigenvalue weighted by atomic mass is 32.2. The molecule has 1 aromatic rings. The molecule has 0 radical (unpaired) electrons. The number of nitrogens with two attached hydrogens (primary N) is 1. The summed E-state index contributed by atoms with van der Waals surface area (Å²) in [6, 6.07) is 0. The van der Waals surface area contributed by atoms with Gasteiger partial charge >= 0.3 is 0 Å². The monoisotopic (exact) mass is 240 g/mol. The van der Waals surface area contributed by atoms with Crippen LogP contribution >= 0.6 is 11.8 Å². The van der Waals surface area contributed by atoms with Crippen LogP contribution in [0.15, 0.2) is 12.4 Å². The van der Waals surface area contributed by atoms with Crippen molar-refractivity contribution >= 4 is 11.8 Å². The molecule has 16 heavy (non-hydrogen) atoms. The van der Waals surface area contributed by atoms with Gasteiger partial charge in [0.25, 0.3) is 0 Å². The molecule has 2 heterocycles. The van der Waals surface area contributed by atoms with Gasteiger partial charge in [0.1, 0.15) is 5.82 Å². The van der Waals surface area contributed by atoms with Crippen LogP contribution in [0, 0.1) is 0 Å². The highest BCUT2D eigenvalue weighted by Gasteiger charge is 2.37. The lowest BCUT2D eigenvalue weighted by Crippen LogP contribution is -2.52. The van der Waals surface area contributed by atoms with Gasteiger partial charge in [-0.15, -0.1) is 0 Å². The first-order chi connectivity index (χ1) is 7.68. The van der Waals surface area contributed by atoms with Gasteiger partial charge in [-0.05, 0) is 19.2 Å². The fourth-order valence-corrected chi connectivity index (χ4v) is 3.67. The number of hydrogen-bond acceptors (Lipinski definition) is 4. The Morgan fingerprint density at radius 1 is 1.69 bits per heavy atom. The third kappa shape index (κ3) is 2.12. The van der Waals surface area contributed by atoms with Crippen molar-refractivity contribution in [1.29, 1.82) is 0 Å². The standard InChI is InChI=1S/C11H20N4S/c1-14-5-4-13-10(14)7-15(2)11(8-12)3-6-16-9-11/h4-5H,3,6-9,12H2,1-2H3. The summed E-state index contributed by atoms with van der Waals surface area (Å²) < 4.78 is 2.07. The summed E-state index contributed by atoms with van der Waals surface area (Å²) >= 11 is 2.00. The van der Waals surface area contributed by atoms with Crippen molar-refractivity contribution < 1.29 is 0 Å². The third-order valence-corrected chi connectivity index (χ3v) is 4.81.